The van der Waals surface area contributed by atoms with E-state index in [4.69, 9.17) is 18.6 Å². The molecule has 0 radical (unpaired) electrons. The molecule has 5 fully saturated rings. The van der Waals surface area contributed by atoms with Crippen LogP contribution in [0.5, 0.6) is 0 Å². The van der Waals surface area contributed by atoms with Crippen molar-refractivity contribution in [2.24, 2.45) is 35.5 Å². The van der Waals surface area contributed by atoms with Gasteiger partial charge in [0, 0.05) is 55.4 Å². The molecule has 0 N–H and O–H groups in total. The Hall–Kier alpha value is -4.40. The van der Waals surface area contributed by atoms with Crippen molar-refractivity contribution in [2.45, 2.75) is 164 Å². The molecule has 14 rings (SSSR count). The predicted octanol–water partition coefficient (Wildman–Crippen LogP) is 11.0. The molecule has 0 saturated heterocycles. The lowest BCUT2D eigenvalue weighted by Gasteiger charge is -2.54. The molecule has 5 saturated carbocycles. The second-order valence-corrected chi connectivity index (χ2v) is 20.9. The van der Waals surface area contributed by atoms with Crippen LogP contribution in [-0.2, 0) is 39.8 Å². The van der Waals surface area contributed by atoms with Crippen LogP contribution in [0, 0.1) is 35.5 Å². The Morgan fingerprint density at radius 3 is 2.44 bits per heavy atom. The average molecular weight is 865 g/mol. The van der Waals surface area contributed by atoms with Crippen molar-refractivity contribution < 1.29 is 37.8 Å². The maximum Gasteiger partial charge on any atom is 0.162 e. The van der Waals surface area contributed by atoms with E-state index in [1.165, 1.54) is 67.2 Å². The first-order valence-electron chi connectivity index (χ1n) is 25.0. The topological polar surface area (TPSA) is 109 Å². The zero-order valence-corrected chi connectivity index (χ0v) is 37.3. The molecule has 11 atom stereocenters. The monoisotopic (exact) mass is 864 g/mol. The molecule has 64 heavy (non-hydrogen) atoms. The summed E-state index contributed by atoms with van der Waals surface area (Å²) in [5, 5.41) is 0. The number of aryl methyl sites for hydroxylation is 1. The molecule has 0 amide bonds. The van der Waals surface area contributed by atoms with Gasteiger partial charge < -0.3 is 18.6 Å². The third-order valence-electron chi connectivity index (χ3n) is 17.4. The normalized spacial score (nSPS) is 39.5. The van der Waals surface area contributed by atoms with Crippen LogP contribution >= 0.6 is 0 Å². The van der Waals surface area contributed by atoms with E-state index in [9.17, 15) is 19.2 Å². The van der Waals surface area contributed by atoms with Gasteiger partial charge in [-0.1, -0.05) is 59.3 Å². The molecule has 1 aromatic heterocycles. The van der Waals surface area contributed by atoms with Gasteiger partial charge in [-0.3, -0.25) is 19.2 Å². The number of ether oxygens (including phenoxy) is 3. The highest BCUT2D eigenvalue weighted by molar-refractivity contribution is 6.00. The SMILES string of the molecule is O=C1C=C(/C=C/CCCc2ccco2)CC1.O=C1C=C([C@@H]2[C@@H]3C=CO[C@@]34CCC[C@@H]24)CC1.O=C1CCC2=C1[C@H]1C=C[C@]3(CCC[C@H]3C2)O1.O=C1CCC2=C[C@@H]3CCC[C@]34C=C[C@@H](O4)C12. The molecule has 6 heterocycles. The Morgan fingerprint density at radius 1 is 0.766 bits per heavy atom. The number of allylic oxidation sites excluding steroid dienone is 7. The number of hydrogen-bond acceptors (Lipinski definition) is 8. The van der Waals surface area contributed by atoms with E-state index in [0.717, 1.165) is 94.8 Å². The summed E-state index contributed by atoms with van der Waals surface area (Å²) in [6.07, 6.45) is 47.0. The van der Waals surface area contributed by atoms with Crippen LogP contribution in [0.1, 0.15) is 134 Å². The number of ketones is 4. The summed E-state index contributed by atoms with van der Waals surface area (Å²) < 4.78 is 23.6. The smallest absolute Gasteiger partial charge is 0.162 e. The highest BCUT2D eigenvalue weighted by Crippen LogP contribution is 2.66. The van der Waals surface area contributed by atoms with E-state index < -0.39 is 0 Å². The Balaban J connectivity index is 0.0000000951. The summed E-state index contributed by atoms with van der Waals surface area (Å²) in [4.78, 5) is 46.1. The highest BCUT2D eigenvalue weighted by Gasteiger charge is 2.67. The van der Waals surface area contributed by atoms with Crippen molar-refractivity contribution in [3.63, 3.8) is 0 Å². The van der Waals surface area contributed by atoms with Gasteiger partial charge in [0.05, 0.1) is 35.7 Å². The van der Waals surface area contributed by atoms with Crippen LogP contribution in [0.25, 0.3) is 0 Å². The van der Waals surface area contributed by atoms with E-state index in [-0.39, 0.29) is 40.7 Å². The van der Waals surface area contributed by atoms with Crippen molar-refractivity contribution >= 4 is 23.1 Å². The lowest BCUT2D eigenvalue weighted by molar-refractivity contribution is -0.132. The minimum Gasteiger partial charge on any atom is -0.494 e. The van der Waals surface area contributed by atoms with Crippen molar-refractivity contribution in [2.75, 3.05) is 0 Å². The van der Waals surface area contributed by atoms with Gasteiger partial charge in [-0.2, -0.15) is 0 Å². The predicted molar refractivity (Wildman–Crippen MR) is 243 cm³/mol. The molecule has 13 aliphatic rings. The Morgan fingerprint density at radius 2 is 1.59 bits per heavy atom. The molecule has 5 aliphatic heterocycles. The van der Waals surface area contributed by atoms with Crippen LogP contribution in [-0.4, -0.2) is 52.1 Å². The molecular weight excluding hydrogens is 801 g/mol. The molecule has 336 valence electrons. The zero-order valence-electron chi connectivity index (χ0n) is 37.3. The van der Waals surface area contributed by atoms with E-state index in [1.54, 1.807) is 12.3 Å². The van der Waals surface area contributed by atoms with Crippen molar-refractivity contribution in [1.82, 2.24) is 0 Å². The summed E-state index contributed by atoms with van der Waals surface area (Å²) in [7, 11) is 0. The fourth-order valence-corrected chi connectivity index (χ4v) is 14.4. The quantitative estimate of drug-likeness (QED) is 0.205. The van der Waals surface area contributed by atoms with Crippen molar-refractivity contribution in [3.8, 4) is 0 Å². The second kappa shape index (κ2) is 17.1. The van der Waals surface area contributed by atoms with Gasteiger partial charge in [-0.25, -0.2) is 0 Å². The highest BCUT2D eigenvalue weighted by atomic mass is 16.5. The van der Waals surface area contributed by atoms with Gasteiger partial charge in [0.15, 0.2) is 17.3 Å². The molecule has 0 aromatic carbocycles. The molecule has 1 unspecified atom stereocenters. The third kappa shape index (κ3) is 7.52. The Kier molecular flexibility index (Phi) is 11.3. The van der Waals surface area contributed by atoms with Crippen LogP contribution in [0.15, 0.2) is 118 Å². The first kappa shape index (κ1) is 42.2. The summed E-state index contributed by atoms with van der Waals surface area (Å²) in [5.41, 5.74) is 6.48. The zero-order chi connectivity index (χ0) is 43.5. The molecule has 8 heteroatoms. The summed E-state index contributed by atoms with van der Waals surface area (Å²) in [5.74, 6) is 5.44. The summed E-state index contributed by atoms with van der Waals surface area (Å²) in [6.45, 7) is 0. The van der Waals surface area contributed by atoms with E-state index >= 15 is 0 Å². The molecule has 1 aromatic rings. The number of fused-ring (bicyclic) bond motifs is 5. The minimum absolute atomic E-state index is 0.00468. The summed E-state index contributed by atoms with van der Waals surface area (Å²) >= 11 is 0. The number of carbonyl (C=O) groups is 4. The second-order valence-electron chi connectivity index (χ2n) is 20.9. The van der Waals surface area contributed by atoms with E-state index in [0.29, 0.717) is 53.4 Å². The largest absolute Gasteiger partial charge is 0.494 e. The van der Waals surface area contributed by atoms with Crippen LogP contribution in [0.2, 0.25) is 0 Å². The Labute approximate surface area is 378 Å². The minimum atomic E-state index is -0.0394. The maximum absolute atomic E-state index is 11.9. The molecule has 4 bridgehead atoms. The van der Waals surface area contributed by atoms with Gasteiger partial charge in [-0.15, -0.1) is 0 Å². The fraction of sp³-hybridized carbons (Fsp3) is 0.571. The van der Waals surface area contributed by atoms with Gasteiger partial charge in [0.2, 0.25) is 0 Å². The number of hydrogen-bond donors (Lipinski definition) is 0. The molecular formula is C56H64O8. The first-order valence-corrected chi connectivity index (χ1v) is 25.0. The molecule has 8 nitrogen and oxygen atoms in total. The third-order valence-corrected chi connectivity index (χ3v) is 17.4. The first-order chi connectivity index (χ1) is 31.2. The van der Waals surface area contributed by atoms with E-state index in [2.05, 4.69) is 48.6 Å². The van der Waals surface area contributed by atoms with Crippen LogP contribution in [0.3, 0.4) is 0 Å². The standard InChI is InChI=1S/4C14H16O2/c15-10-4-3-9(8-10)13-11-2-1-6-14(11)12(13)5-7-16-14;2*15-11-4-3-9-8-10-2-1-6-14(10)7-5-12(16-14)13(9)11;15-13-9-8-12(11-13)5-2-1-3-6-14-7-4-10-16-14/h5,7-8,11-13H,1-4,6H2;5,7,10,12H,1-4,6,8H2;5,7-8,10,12-13H,1-4,6H2;2,4-5,7,10-11H,1,3,6,8-9H2/b;;;5-2+/t11-,12-,13-,14+;10-,12+,14-;10-,12+,13?,14-;/m000./s1. The summed E-state index contributed by atoms with van der Waals surface area (Å²) in [6, 6.07) is 3.92. The van der Waals surface area contributed by atoms with Crippen LogP contribution < -0.4 is 0 Å². The van der Waals surface area contributed by atoms with Gasteiger partial charge in [-0.05, 0) is 151 Å². The lowest BCUT2D eigenvalue weighted by Crippen LogP contribution is -2.58. The van der Waals surface area contributed by atoms with Crippen LogP contribution in [0.4, 0.5) is 0 Å². The van der Waals surface area contributed by atoms with Crippen molar-refractivity contribution in [3.05, 3.63) is 119 Å². The number of unbranched alkanes of at least 4 members (excludes halogenated alkanes) is 1. The molecule has 3 spiro atoms. The van der Waals surface area contributed by atoms with Gasteiger partial charge in [0.1, 0.15) is 23.2 Å². The average Bonchev–Trinajstić information content (AvgIpc) is 4.12. The number of carbonyl (C=O) groups excluding carboxylic acids is 4. The maximum atomic E-state index is 11.9. The number of Topliss-reactive ketones (excluding diaryl/α,β-unsaturated/α-hetero) is 2. The molecule has 8 aliphatic carbocycles. The fourth-order valence-electron chi connectivity index (χ4n) is 14.4. The number of furan rings is 1. The number of rotatable bonds is 6. The van der Waals surface area contributed by atoms with E-state index in [1.807, 2.05) is 24.5 Å². The van der Waals surface area contributed by atoms with Gasteiger partial charge >= 0.3 is 0 Å². The van der Waals surface area contributed by atoms with Crippen molar-refractivity contribution in [1.29, 1.82) is 0 Å². The Bertz CT molecular complexity index is 2310. The lowest BCUT2D eigenvalue weighted by atomic mass is 9.53. The van der Waals surface area contributed by atoms with Gasteiger partial charge in [0.25, 0.3) is 0 Å².